The number of hydrogen-bond acceptors (Lipinski definition) is 4. The highest BCUT2D eigenvalue weighted by molar-refractivity contribution is 7.99. The quantitative estimate of drug-likeness (QED) is 0.473. The van der Waals surface area contributed by atoms with E-state index in [0.29, 0.717) is 34.2 Å². The van der Waals surface area contributed by atoms with Crippen LogP contribution in [0.25, 0.3) is 10.9 Å². The molecule has 0 unspecified atom stereocenters. The molecule has 0 bridgehead atoms. The zero-order chi connectivity index (χ0) is 16.8. The third-order valence-corrected chi connectivity index (χ3v) is 4.31. The lowest BCUT2D eigenvalue weighted by molar-refractivity contribution is -0.118. The highest BCUT2D eigenvalue weighted by Crippen LogP contribution is 2.20. The van der Waals surface area contributed by atoms with Crippen LogP contribution in [-0.4, -0.2) is 27.8 Å². The standard InChI is InChI=1S/C16H18ClN3O2S/c1-3-7-18-14(21)10-23-16-19-13-6-5-11(17)9-12(13)15(22)20(16)8-4-2/h4-6,9H,2-3,7-8,10H2,1H3,(H,18,21). The summed E-state index contributed by atoms with van der Waals surface area (Å²) in [5.41, 5.74) is 0.380. The predicted molar refractivity (Wildman–Crippen MR) is 95.2 cm³/mol. The Morgan fingerprint density at radius 1 is 1.52 bits per heavy atom. The van der Waals surface area contributed by atoms with Crippen LogP contribution in [0.5, 0.6) is 0 Å². The van der Waals surface area contributed by atoms with Gasteiger partial charge in [-0.2, -0.15) is 0 Å². The zero-order valence-electron chi connectivity index (χ0n) is 12.8. The summed E-state index contributed by atoms with van der Waals surface area (Å²) in [6.45, 7) is 6.63. The summed E-state index contributed by atoms with van der Waals surface area (Å²) < 4.78 is 1.50. The monoisotopic (exact) mass is 351 g/mol. The minimum atomic E-state index is -0.186. The molecule has 0 aliphatic heterocycles. The van der Waals surface area contributed by atoms with Crippen molar-refractivity contribution in [2.45, 2.75) is 25.0 Å². The fraction of sp³-hybridized carbons (Fsp3) is 0.312. The van der Waals surface area contributed by atoms with Gasteiger partial charge in [0.25, 0.3) is 5.56 Å². The maximum absolute atomic E-state index is 12.6. The summed E-state index contributed by atoms with van der Waals surface area (Å²) in [6.07, 6.45) is 2.51. The van der Waals surface area contributed by atoms with Crippen molar-refractivity contribution in [3.63, 3.8) is 0 Å². The Bertz CT molecular complexity index is 789. The number of carbonyl (C=O) groups excluding carboxylic acids is 1. The largest absolute Gasteiger partial charge is 0.355 e. The van der Waals surface area contributed by atoms with E-state index in [1.807, 2.05) is 6.92 Å². The van der Waals surface area contributed by atoms with E-state index >= 15 is 0 Å². The van der Waals surface area contributed by atoms with E-state index in [2.05, 4.69) is 16.9 Å². The van der Waals surface area contributed by atoms with E-state index in [0.717, 1.165) is 6.42 Å². The summed E-state index contributed by atoms with van der Waals surface area (Å²) in [4.78, 5) is 28.9. The average Bonchev–Trinajstić information content (AvgIpc) is 2.54. The van der Waals surface area contributed by atoms with Gasteiger partial charge in [0.1, 0.15) is 0 Å². The van der Waals surface area contributed by atoms with E-state index in [1.165, 1.54) is 16.3 Å². The van der Waals surface area contributed by atoms with Crippen LogP contribution in [0.3, 0.4) is 0 Å². The van der Waals surface area contributed by atoms with Crippen LogP contribution < -0.4 is 10.9 Å². The number of rotatable bonds is 7. The summed E-state index contributed by atoms with van der Waals surface area (Å²) in [5.74, 6) is 0.135. The predicted octanol–water partition coefficient (Wildman–Crippen LogP) is 2.85. The fourth-order valence-corrected chi connectivity index (χ4v) is 3.03. The number of benzene rings is 1. The Kier molecular flexibility index (Phi) is 6.24. The van der Waals surface area contributed by atoms with Crippen molar-refractivity contribution in [3.8, 4) is 0 Å². The summed E-state index contributed by atoms with van der Waals surface area (Å²) in [5, 5.41) is 4.24. The lowest BCUT2D eigenvalue weighted by atomic mass is 10.2. The van der Waals surface area contributed by atoms with Gasteiger partial charge in [-0.05, 0) is 24.6 Å². The number of carbonyl (C=O) groups is 1. The van der Waals surface area contributed by atoms with E-state index in [-0.39, 0.29) is 17.2 Å². The highest BCUT2D eigenvalue weighted by Gasteiger charge is 2.12. The van der Waals surface area contributed by atoms with Crippen molar-refractivity contribution in [2.75, 3.05) is 12.3 Å². The third kappa shape index (κ3) is 4.36. The molecule has 7 heteroatoms. The maximum atomic E-state index is 12.6. The number of hydrogen-bond donors (Lipinski definition) is 1. The molecule has 0 saturated heterocycles. The van der Waals surface area contributed by atoms with Crippen LogP contribution in [0.15, 0.2) is 40.8 Å². The van der Waals surface area contributed by atoms with Crippen molar-refractivity contribution in [1.82, 2.24) is 14.9 Å². The second-order valence-corrected chi connectivity index (χ2v) is 6.28. The number of amides is 1. The van der Waals surface area contributed by atoms with Gasteiger partial charge in [-0.15, -0.1) is 6.58 Å². The zero-order valence-corrected chi connectivity index (χ0v) is 14.4. The lowest BCUT2D eigenvalue weighted by Crippen LogP contribution is -2.27. The summed E-state index contributed by atoms with van der Waals surface area (Å²) in [6, 6.07) is 5.00. The topological polar surface area (TPSA) is 64.0 Å². The Morgan fingerprint density at radius 3 is 3.00 bits per heavy atom. The third-order valence-electron chi connectivity index (χ3n) is 3.10. The molecular weight excluding hydrogens is 334 g/mol. The molecule has 2 rings (SSSR count). The van der Waals surface area contributed by atoms with Crippen molar-refractivity contribution in [1.29, 1.82) is 0 Å². The van der Waals surface area contributed by atoms with Crippen molar-refractivity contribution < 1.29 is 4.79 Å². The molecule has 0 aliphatic carbocycles. The van der Waals surface area contributed by atoms with Crippen LogP contribution in [-0.2, 0) is 11.3 Å². The Hall–Kier alpha value is -1.79. The van der Waals surface area contributed by atoms with Crippen LogP contribution in [0, 0.1) is 0 Å². The SMILES string of the molecule is C=CCn1c(SCC(=O)NCCC)nc2ccc(Cl)cc2c1=O. The Labute approximate surface area is 143 Å². The molecule has 0 radical (unpaired) electrons. The van der Waals surface area contributed by atoms with E-state index in [1.54, 1.807) is 24.3 Å². The molecule has 0 atom stereocenters. The van der Waals surface area contributed by atoms with Gasteiger partial charge in [0.15, 0.2) is 5.16 Å². The van der Waals surface area contributed by atoms with Gasteiger partial charge in [0, 0.05) is 18.1 Å². The smallest absolute Gasteiger partial charge is 0.262 e. The minimum absolute atomic E-state index is 0.0764. The van der Waals surface area contributed by atoms with Gasteiger partial charge < -0.3 is 5.32 Å². The normalized spacial score (nSPS) is 10.7. The van der Waals surface area contributed by atoms with Crippen LogP contribution in [0.1, 0.15) is 13.3 Å². The van der Waals surface area contributed by atoms with Gasteiger partial charge in [0.2, 0.25) is 5.91 Å². The van der Waals surface area contributed by atoms with Crippen LogP contribution >= 0.6 is 23.4 Å². The fourth-order valence-electron chi connectivity index (χ4n) is 2.02. The molecule has 0 aliphatic rings. The Balaban J connectivity index is 2.36. The number of aromatic nitrogens is 2. The second-order valence-electron chi connectivity index (χ2n) is 4.90. The van der Waals surface area contributed by atoms with Crippen molar-refractivity contribution >= 4 is 40.2 Å². The molecule has 0 fully saturated rings. The first-order valence-corrected chi connectivity index (χ1v) is 8.63. The molecule has 1 aromatic heterocycles. The molecule has 1 N–H and O–H groups in total. The molecule has 0 spiro atoms. The maximum Gasteiger partial charge on any atom is 0.262 e. The molecule has 1 aromatic carbocycles. The molecule has 122 valence electrons. The Morgan fingerprint density at radius 2 is 2.30 bits per heavy atom. The van der Waals surface area contributed by atoms with Gasteiger partial charge in [0.05, 0.1) is 16.7 Å². The molecule has 5 nitrogen and oxygen atoms in total. The molecule has 1 heterocycles. The van der Waals surface area contributed by atoms with Gasteiger partial charge in [-0.1, -0.05) is 36.4 Å². The number of thioether (sulfide) groups is 1. The summed E-state index contributed by atoms with van der Waals surface area (Å²) >= 11 is 7.19. The first kappa shape index (κ1) is 17.6. The van der Waals surface area contributed by atoms with Crippen LogP contribution in [0.2, 0.25) is 5.02 Å². The molecular formula is C16H18ClN3O2S. The number of nitrogens with zero attached hydrogens (tertiary/aromatic N) is 2. The van der Waals surface area contributed by atoms with Gasteiger partial charge in [-0.25, -0.2) is 4.98 Å². The molecule has 23 heavy (non-hydrogen) atoms. The molecule has 2 aromatic rings. The minimum Gasteiger partial charge on any atom is -0.355 e. The van der Waals surface area contributed by atoms with E-state index < -0.39 is 0 Å². The van der Waals surface area contributed by atoms with E-state index in [4.69, 9.17) is 11.6 Å². The lowest BCUT2D eigenvalue weighted by Gasteiger charge is -2.11. The second kappa shape index (κ2) is 8.17. The van der Waals surface area contributed by atoms with Crippen molar-refractivity contribution in [2.24, 2.45) is 0 Å². The van der Waals surface area contributed by atoms with Crippen LogP contribution in [0.4, 0.5) is 0 Å². The highest BCUT2D eigenvalue weighted by atomic mass is 35.5. The van der Waals surface area contributed by atoms with E-state index in [9.17, 15) is 9.59 Å². The van der Waals surface area contributed by atoms with Crippen molar-refractivity contribution in [3.05, 3.63) is 46.2 Å². The number of nitrogens with one attached hydrogen (secondary N) is 1. The van der Waals surface area contributed by atoms with Gasteiger partial charge >= 0.3 is 0 Å². The van der Waals surface area contributed by atoms with Gasteiger partial charge in [-0.3, -0.25) is 14.2 Å². The molecule has 1 amide bonds. The summed E-state index contributed by atoms with van der Waals surface area (Å²) in [7, 11) is 0. The first-order chi connectivity index (χ1) is 11.1. The number of allylic oxidation sites excluding steroid dienone is 1. The number of fused-ring (bicyclic) bond motifs is 1. The first-order valence-electron chi connectivity index (χ1n) is 7.27. The molecule has 0 saturated carbocycles. The number of halogens is 1. The average molecular weight is 352 g/mol.